The summed E-state index contributed by atoms with van der Waals surface area (Å²) in [5.41, 5.74) is 2.10. The van der Waals surface area contributed by atoms with E-state index in [0.29, 0.717) is 27.8 Å². The van der Waals surface area contributed by atoms with Crippen molar-refractivity contribution < 1.29 is 23.9 Å². The molecule has 32 heavy (non-hydrogen) atoms. The SMILES string of the molecule is C=O.C=O.Cc1cc(NC(=O)c2ccc(Cl)c(N3CCC(CCO)CC3)c2)cc(Cl)c1F. The highest BCUT2D eigenvalue weighted by Gasteiger charge is 2.21. The van der Waals surface area contributed by atoms with Crippen molar-refractivity contribution >= 4 is 54.1 Å². The molecule has 1 fully saturated rings. The highest BCUT2D eigenvalue weighted by Crippen LogP contribution is 2.32. The third-order valence-corrected chi connectivity index (χ3v) is 5.76. The molecule has 2 aromatic carbocycles. The lowest BCUT2D eigenvalue weighted by Crippen LogP contribution is -2.34. The molecule has 1 aliphatic rings. The van der Waals surface area contributed by atoms with Gasteiger partial charge in [-0.25, -0.2) is 4.39 Å². The Morgan fingerprint density at radius 1 is 1.12 bits per heavy atom. The van der Waals surface area contributed by atoms with Gasteiger partial charge in [0.25, 0.3) is 5.91 Å². The van der Waals surface area contributed by atoms with E-state index in [1.54, 1.807) is 31.2 Å². The number of benzene rings is 2. The average Bonchev–Trinajstić information content (AvgIpc) is 2.81. The van der Waals surface area contributed by atoms with Gasteiger partial charge in [0.15, 0.2) is 0 Å². The van der Waals surface area contributed by atoms with E-state index in [1.807, 2.05) is 13.6 Å². The van der Waals surface area contributed by atoms with E-state index in [0.717, 1.165) is 38.0 Å². The Morgan fingerprint density at radius 2 is 1.75 bits per heavy atom. The largest absolute Gasteiger partial charge is 0.396 e. The van der Waals surface area contributed by atoms with Gasteiger partial charge in [-0.15, -0.1) is 0 Å². The van der Waals surface area contributed by atoms with Crippen molar-refractivity contribution in [2.45, 2.75) is 26.2 Å². The van der Waals surface area contributed by atoms with Crippen LogP contribution < -0.4 is 10.2 Å². The Balaban J connectivity index is 0.00000121. The zero-order valence-corrected chi connectivity index (χ0v) is 19.4. The average molecular weight is 485 g/mol. The second-order valence-electron chi connectivity index (χ2n) is 7.15. The van der Waals surface area contributed by atoms with Crippen LogP contribution in [-0.4, -0.2) is 44.3 Å². The lowest BCUT2D eigenvalue weighted by molar-refractivity contribution is -0.0987. The number of hydrogen-bond donors (Lipinski definition) is 2. The highest BCUT2D eigenvalue weighted by atomic mass is 35.5. The molecule has 1 saturated heterocycles. The van der Waals surface area contributed by atoms with Crippen molar-refractivity contribution in [1.82, 2.24) is 0 Å². The monoisotopic (exact) mass is 484 g/mol. The minimum atomic E-state index is -0.488. The predicted molar refractivity (Wildman–Crippen MR) is 126 cm³/mol. The van der Waals surface area contributed by atoms with Gasteiger partial charge in [-0.2, -0.15) is 0 Å². The van der Waals surface area contributed by atoms with Gasteiger partial charge in [0.05, 0.1) is 15.7 Å². The number of nitrogens with one attached hydrogen (secondary N) is 1. The fourth-order valence-corrected chi connectivity index (χ4v) is 4.05. The van der Waals surface area contributed by atoms with Crippen molar-refractivity contribution in [3.63, 3.8) is 0 Å². The highest BCUT2D eigenvalue weighted by molar-refractivity contribution is 6.33. The molecule has 1 amide bonds. The van der Waals surface area contributed by atoms with Crippen molar-refractivity contribution in [3.8, 4) is 0 Å². The molecule has 0 spiro atoms. The maximum absolute atomic E-state index is 13.7. The molecule has 1 aliphatic heterocycles. The van der Waals surface area contributed by atoms with Gasteiger partial charge in [0, 0.05) is 30.9 Å². The van der Waals surface area contributed by atoms with Crippen LogP contribution in [0, 0.1) is 18.7 Å². The molecule has 3 rings (SSSR count). The Kier molecular flexibility index (Phi) is 11.9. The number of carbonyl (C=O) groups excluding carboxylic acids is 3. The number of carbonyl (C=O) groups is 3. The summed E-state index contributed by atoms with van der Waals surface area (Å²) in [5, 5.41) is 12.4. The molecule has 0 aliphatic carbocycles. The van der Waals surface area contributed by atoms with Crippen LogP contribution >= 0.6 is 23.2 Å². The summed E-state index contributed by atoms with van der Waals surface area (Å²) >= 11 is 12.2. The first-order chi connectivity index (χ1) is 15.4. The van der Waals surface area contributed by atoms with Crippen LogP contribution in [0.3, 0.4) is 0 Å². The molecule has 1 heterocycles. The molecular formula is C23H27Cl2FN2O4. The smallest absolute Gasteiger partial charge is 0.255 e. The van der Waals surface area contributed by atoms with E-state index in [1.165, 1.54) is 6.07 Å². The number of anilines is 2. The molecular weight excluding hydrogens is 458 g/mol. The fourth-order valence-electron chi connectivity index (χ4n) is 3.54. The summed E-state index contributed by atoms with van der Waals surface area (Å²) in [6, 6.07) is 8.10. The maximum Gasteiger partial charge on any atom is 0.255 e. The molecule has 0 aromatic heterocycles. The normalized spacial score (nSPS) is 13.3. The van der Waals surface area contributed by atoms with Crippen molar-refractivity contribution in [1.29, 1.82) is 0 Å². The number of aryl methyl sites for hydroxylation is 1. The van der Waals surface area contributed by atoms with E-state index in [9.17, 15) is 9.18 Å². The first kappa shape index (κ1) is 27.6. The first-order valence-corrected chi connectivity index (χ1v) is 10.6. The minimum Gasteiger partial charge on any atom is -0.396 e. The predicted octanol–water partition coefficient (Wildman–Crippen LogP) is 4.92. The van der Waals surface area contributed by atoms with Gasteiger partial charge in [0.1, 0.15) is 19.4 Å². The van der Waals surface area contributed by atoms with Crippen LogP contribution in [0.25, 0.3) is 0 Å². The summed E-state index contributed by atoms with van der Waals surface area (Å²) in [5.74, 6) is -0.272. The number of aliphatic hydroxyl groups is 1. The molecule has 2 aromatic rings. The Hall–Kier alpha value is -2.48. The number of nitrogens with zero attached hydrogens (tertiary/aromatic N) is 1. The number of rotatable bonds is 5. The zero-order valence-electron chi connectivity index (χ0n) is 17.9. The van der Waals surface area contributed by atoms with Crippen molar-refractivity contribution in [2.24, 2.45) is 5.92 Å². The summed E-state index contributed by atoms with van der Waals surface area (Å²) in [6.07, 6.45) is 2.80. The van der Waals surface area contributed by atoms with Crippen LogP contribution in [0.5, 0.6) is 0 Å². The van der Waals surface area contributed by atoms with Crippen LogP contribution in [0.15, 0.2) is 30.3 Å². The zero-order chi connectivity index (χ0) is 24.3. The van der Waals surface area contributed by atoms with Gasteiger partial charge in [-0.3, -0.25) is 4.79 Å². The van der Waals surface area contributed by atoms with Gasteiger partial charge < -0.3 is 24.9 Å². The topological polar surface area (TPSA) is 86.7 Å². The van der Waals surface area contributed by atoms with Gasteiger partial charge in [-0.1, -0.05) is 23.2 Å². The summed E-state index contributed by atoms with van der Waals surface area (Å²) in [7, 11) is 0. The molecule has 2 N–H and O–H groups in total. The second kappa shape index (κ2) is 13.8. The van der Waals surface area contributed by atoms with Crippen LogP contribution in [0.2, 0.25) is 10.0 Å². The van der Waals surface area contributed by atoms with Crippen molar-refractivity contribution in [2.75, 3.05) is 29.9 Å². The van der Waals surface area contributed by atoms with Crippen LogP contribution in [0.4, 0.5) is 15.8 Å². The van der Waals surface area contributed by atoms with Gasteiger partial charge >= 0.3 is 0 Å². The van der Waals surface area contributed by atoms with Crippen LogP contribution in [0.1, 0.15) is 35.2 Å². The summed E-state index contributed by atoms with van der Waals surface area (Å²) in [6.45, 7) is 7.48. The number of amides is 1. The number of aliphatic hydroxyl groups excluding tert-OH is 1. The number of piperidine rings is 1. The van der Waals surface area contributed by atoms with Crippen molar-refractivity contribution in [3.05, 3.63) is 57.3 Å². The molecule has 174 valence electrons. The second-order valence-corrected chi connectivity index (χ2v) is 7.97. The first-order valence-electron chi connectivity index (χ1n) is 9.89. The Bertz CT molecular complexity index is 881. The summed E-state index contributed by atoms with van der Waals surface area (Å²) < 4.78 is 13.7. The van der Waals surface area contributed by atoms with E-state index < -0.39 is 5.82 Å². The quantitative estimate of drug-likeness (QED) is 0.628. The summed E-state index contributed by atoms with van der Waals surface area (Å²) in [4.78, 5) is 30.8. The lowest BCUT2D eigenvalue weighted by Gasteiger charge is -2.34. The molecule has 0 saturated carbocycles. The molecule has 0 radical (unpaired) electrons. The molecule has 0 atom stereocenters. The van der Waals surface area contributed by atoms with E-state index in [-0.39, 0.29) is 17.5 Å². The number of hydrogen-bond acceptors (Lipinski definition) is 5. The fraction of sp³-hybridized carbons (Fsp3) is 0.348. The van der Waals surface area contributed by atoms with Gasteiger partial charge in [-0.05, 0) is 68.0 Å². The van der Waals surface area contributed by atoms with E-state index >= 15 is 0 Å². The lowest BCUT2D eigenvalue weighted by atomic mass is 9.93. The molecule has 0 unspecified atom stereocenters. The minimum absolute atomic E-state index is 0.0298. The van der Waals surface area contributed by atoms with E-state index in [4.69, 9.17) is 37.9 Å². The third-order valence-electron chi connectivity index (χ3n) is 5.17. The Labute approximate surface area is 197 Å². The van der Waals surface area contributed by atoms with Gasteiger partial charge in [0.2, 0.25) is 0 Å². The van der Waals surface area contributed by atoms with E-state index in [2.05, 4.69) is 10.2 Å². The maximum atomic E-state index is 13.7. The standard InChI is InChI=1S/C21H23Cl2FN2O2.2CH2O/c1-13-10-16(12-18(23)20(13)24)25-21(28)15-2-3-17(22)19(11-15)26-7-4-14(5-8-26)6-9-27;2*1-2/h2-3,10-12,14,27H,4-9H2,1H3,(H,25,28);2*1H2. The van der Waals surface area contributed by atoms with Crippen LogP contribution in [-0.2, 0) is 9.59 Å². The molecule has 9 heteroatoms. The third kappa shape index (κ3) is 7.29. The number of halogens is 3. The Morgan fingerprint density at radius 3 is 2.31 bits per heavy atom. The molecule has 0 bridgehead atoms. The molecule has 6 nitrogen and oxygen atoms in total.